The van der Waals surface area contributed by atoms with Crippen LogP contribution in [0.25, 0.3) is 54.9 Å². The number of aromatic nitrogens is 2. The van der Waals surface area contributed by atoms with Crippen molar-refractivity contribution in [2.45, 2.75) is 98.8 Å². The summed E-state index contributed by atoms with van der Waals surface area (Å²) < 4.78 is 6.26. The first-order valence-electron chi connectivity index (χ1n) is 18.1. The number of aryl methyl sites for hydroxylation is 2. The van der Waals surface area contributed by atoms with E-state index in [1.165, 1.54) is 51.8 Å². The maximum atomic E-state index is 11.7. The number of carbonyl (C=O) groups is 1. The Balaban J connectivity index is 0.000000261. The Bertz CT molecular complexity index is 2180. The number of rotatable bonds is 8. The summed E-state index contributed by atoms with van der Waals surface area (Å²) in [6.45, 7) is 14.8. The summed E-state index contributed by atoms with van der Waals surface area (Å²) in [6, 6.07) is 23.4. The average molecular weight is 846 g/mol. The van der Waals surface area contributed by atoms with Gasteiger partial charge in [-0.1, -0.05) is 89.7 Å². The van der Waals surface area contributed by atoms with E-state index >= 15 is 0 Å². The van der Waals surface area contributed by atoms with Crippen molar-refractivity contribution in [1.29, 1.82) is 0 Å². The molecule has 0 atom stereocenters. The molecule has 0 bridgehead atoms. The topological polar surface area (TPSA) is 76.2 Å². The number of carbonyl (C=O) groups excluding carboxylic acids is 1. The summed E-state index contributed by atoms with van der Waals surface area (Å²) in [5.41, 5.74) is 7.60. The first kappa shape index (κ1) is 37.4. The molecule has 0 fully saturated rings. The number of fused-ring (bicyclic) bond motifs is 7. The van der Waals surface area contributed by atoms with E-state index in [0.29, 0.717) is 5.71 Å². The molecule has 0 spiro atoms. The van der Waals surface area contributed by atoms with Crippen molar-refractivity contribution in [1.82, 2.24) is 9.97 Å². The van der Waals surface area contributed by atoms with E-state index < -0.39 is 0 Å². The van der Waals surface area contributed by atoms with Gasteiger partial charge in [0, 0.05) is 54.5 Å². The Labute approximate surface area is 309 Å². The molecule has 1 N–H and O–H groups in total. The fourth-order valence-electron chi connectivity index (χ4n) is 7.48. The number of hydrogen-bond acceptors (Lipinski definition) is 5. The molecule has 7 rings (SSSR count). The molecule has 1 aliphatic rings. The zero-order chi connectivity index (χ0) is 34.9. The van der Waals surface area contributed by atoms with Crippen molar-refractivity contribution < 1.29 is 34.4 Å². The zero-order valence-electron chi connectivity index (χ0n) is 30.4. The molecule has 1 radical (unpaired) electrons. The monoisotopic (exact) mass is 846 g/mol. The summed E-state index contributed by atoms with van der Waals surface area (Å²) in [6.07, 6.45) is 10.1. The van der Waals surface area contributed by atoms with Gasteiger partial charge in [0.05, 0.1) is 5.76 Å². The first-order valence-corrected chi connectivity index (χ1v) is 18.1. The molecule has 6 heteroatoms. The number of nitrogens with zero attached hydrogens (tertiary/aromatic N) is 2. The smallest absolute Gasteiger partial charge is 0.223 e. The second kappa shape index (κ2) is 15.6. The van der Waals surface area contributed by atoms with Crippen LogP contribution in [0.4, 0.5) is 0 Å². The maximum absolute atomic E-state index is 11.7. The molecule has 0 saturated carbocycles. The molecule has 50 heavy (non-hydrogen) atoms. The Kier molecular flexibility index (Phi) is 11.7. The van der Waals surface area contributed by atoms with Crippen LogP contribution in [-0.2, 0) is 43.2 Å². The average Bonchev–Trinajstić information content (AvgIpc) is 3.72. The molecule has 2 aromatic heterocycles. The number of ketones is 1. The molecule has 0 amide bonds. The van der Waals surface area contributed by atoms with E-state index in [1.54, 1.807) is 6.33 Å². The molecule has 6 aromatic rings. The summed E-state index contributed by atoms with van der Waals surface area (Å²) >= 11 is 0. The van der Waals surface area contributed by atoms with Gasteiger partial charge in [0.1, 0.15) is 11.9 Å². The van der Waals surface area contributed by atoms with E-state index in [9.17, 15) is 9.90 Å². The fraction of sp³-hybridized carbons (Fsp3) is 0.386. The van der Waals surface area contributed by atoms with E-state index in [0.717, 1.165) is 65.1 Å². The second-order valence-electron chi connectivity index (χ2n) is 14.5. The van der Waals surface area contributed by atoms with Crippen molar-refractivity contribution in [2.24, 2.45) is 11.8 Å². The van der Waals surface area contributed by atoms with Gasteiger partial charge in [-0.05, 0) is 84.4 Å². The van der Waals surface area contributed by atoms with E-state index in [2.05, 4.69) is 86.4 Å². The minimum absolute atomic E-state index is 0. The number of aliphatic hydroxyl groups excluding tert-OH is 1. The van der Waals surface area contributed by atoms with Crippen LogP contribution in [-0.4, -0.2) is 20.9 Å². The van der Waals surface area contributed by atoms with Crippen LogP contribution < -0.4 is 0 Å². The summed E-state index contributed by atoms with van der Waals surface area (Å²) in [5, 5.41) is 16.7. The summed E-state index contributed by atoms with van der Waals surface area (Å²) in [7, 11) is 0. The minimum Gasteiger partial charge on any atom is -0.512 e. The van der Waals surface area contributed by atoms with Crippen molar-refractivity contribution in [2.75, 3.05) is 0 Å². The van der Waals surface area contributed by atoms with Crippen LogP contribution in [0.2, 0.25) is 0 Å². The van der Waals surface area contributed by atoms with Gasteiger partial charge in [-0.3, -0.25) is 9.78 Å². The van der Waals surface area contributed by atoms with Crippen LogP contribution in [0.1, 0.15) is 97.3 Å². The quantitative estimate of drug-likeness (QED) is 0.0938. The molecule has 5 nitrogen and oxygen atoms in total. The van der Waals surface area contributed by atoms with E-state index in [-0.39, 0.29) is 48.9 Å². The van der Waals surface area contributed by atoms with Crippen LogP contribution in [0.15, 0.2) is 77.2 Å². The molecule has 1 aliphatic carbocycles. The van der Waals surface area contributed by atoms with Gasteiger partial charge in [-0.25, -0.2) is 4.98 Å². The van der Waals surface area contributed by atoms with E-state index in [1.807, 2.05) is 27.7 Å². The Morgan fingerprint density at radius 3 is 2.32 bits per heavy atom. The molecular weight excluding hydrogens is 797 g/mol. The molecule has 0 unspecified atom stereocenters. The molecule has 2 heterocycles. The molecule has 4 aromatic carbocycles. The predicted molar refractivity (Wildman–Crippen MR) is 203 cm³/mol. The Morgan fingerprint density at radius 1 is 0.900 bits per heavy atom. The van der Waals surface area contributed by atoms with Crippen molar-refractivity contribution >= 4 is 49.4 Å². The number of benzene rings is 4. The van der Waals surface area contributed by atoms with Gasteiger partial charge >= 0.3 is 0 Å². The first-order chi connectivity index (χ1) is 23.6. The standard InChI is InChI=1S/C31H25N2O.C13H24O2.Ir/c1-31(2,3)26-14-21(13-19-7-4-5-9-23(19)26)29-28-25-16-24-20(12-11-18-8-6-10-22(18)24)15-27(25)34-30(28)33-17-32-29;1-5-10(6-2)12(14)9-13(15)11(7-3)8-4;/h4-5,7,9,11-12,14-17H,6,8,10H2,1-3H3;9-11,14H,5-8H2,1-4H3;/q-1;;/b;12-9-;. The van der Waals surface area contributed by atoms with Crippen molar-refractivity contribution in [3.8, 4) is 11.3 Å². The largest absolute Gasteiger partial charge is 0.512 e. The van der Waals surface area contributed by atoms with Crippen molar-refractivity contribution in [3.05, 3.63) is 95.5 Å². The Morgan fingerprint density at radius 2 is 1.62 bits per heavy atom. The fourth-order valence-corrected chi connectivity index (χ4v) is 7.48. The second-order valence-corrected chi connectivity index (χ2v) is 14.5. The van der Waals surface area contributed by atoms with Gasteiger partial charge in [0.15, 0.2) is 5.78 Å². The Hall–Kier alpha value is -3.86. The predicted octanol–water partition coefficient (Wildman–Crippen LogP) is 11.8. The number of hydrogen-bond donors (Lipinski definition) is 1. The third-order valence-corrected chi connectivity index (χ3v) is 10.4. The van der Waals surface area contributed by atoms with Gasteiger partial charge < -0.3 is 9.52 Å². The van der Waals surface area contributed by atoms with Crippen molar-refractivity contribution in [3.63, 3.8) is 0 Å². The van der Waals surface area contributed by atoms with E-state index in [4.69, 9.17) is 9.40 Å². The SMILES string of the molecule is CC(C)(C)c1cc(-c2ncnc3oc4cc5ccc6c(c5cc4c23)CCC6)[c-]c2ccccc12.CCC(CC)C(=O)/C=C(\O)C(CC)CC.[Ir]. The van der Waals surface area contributed by atoms with Gasteiger partial charge in [0.2, 0.25) is 5.71 Å². The molecule has 0 saturated heterocycles. The van der Waals surface area contributed by atoms with Crippen LogP contribution >= 0.6 is 0 Å². The van der Waals surface area contributed by atoms with Gasteiger partial charge in [0.25, 0.3) is 0 Å². The van der Waals surface area contributed by atoms with Gasteiger partial charge in [-0.15, -0.1) is 29.1 Å². The molecule has 263 valence electrons. The number of furan rings is 1. The normalized spacial score (nSPS) is 13.3. The minimum atomic E-state index is -0.00911. The third kappa shape index (κ3) is 7.29. The summed E-state index contributed by atoms with van der Waals surface area (Å²) in [5.74, 6) is 0.547. The van der Waals surface area contributed by atoms with Crippen LogP contribution in [0.3, 0.4) is 0 Å². The summed E-state index contributed by atoms with van der Waals surface area (Å²) in [4.78, 5) is 21.0. The number of allylic oxidation sites excluding steroid dienone is 2. The molecular formula is C44H49IrN2O3-. The number of aliphatic hydroxyl groups is 1. The molecule has 0 aliphatic heterocycles. The maximum Gasteiger partial charge on any atom is 0.223 e. The van der Waals surface area contributed by atoms with Gasteiger partial charge in [-0.2, -0.15) is 0 Å². The third-order valence-electron chi connectivity index (χ3n) is 10.4. The zero-order valence-corrected chi connectivity index (χ0v) is 32.8. The van der Waals surface area contributed by atoms with Crippen LogP contribution in [0, 0.1) is 17.9 Å². The van der Waals surface area contributed by atoms with Crippen LogP contribution in [0.5, 0.6) is 0 Å².